The molecule has 0 atom stereocenters. The van der Waals surface area contributed by atoms with Crippen molar-refractivity contribution < 1.29 is 13.2 Å². The van der Waals surface area contributed by atoms with Gasteiger partial charge in [-0.1, -0.05) is 5.92 Å². The number of nitrogens with zero attached hydrogens (tertiary/aromatic N) is 2. The third-order valence-corrected chi connectivity index (χ3v) is 1.33. The van der Waals surface area contributed by atoms with Crippen LogP contribution >= 0.6 is 0 Å². The van der Waals surface area contributed by atoms with Crippen LogP contribution in [0, 0.1) is 12.3 Å². The lowest BCUT2D eigenvalue weighted by Gasteiger charge is -2.05. The molecule has 6 heteroatoms. The number of aromatic nitrogens is 2. The van der Waals surface area contributed by atoms with E-state index in [0.29, 0.717) is 0 Å². The van der Waals surface area contributed by atoms with E-state index < -0.39 is 11.9 Å². The molecule has 0 aliphatic rings. The highest BCUT2D eigenvalue weighted by Crippen LogP contribution is 2.26. The Hall–Kier alpha value is -1.77. The van der Waals surface area contributed by atoms with Crippen molar-refractivity contribution in [2.24, 2.45) is 0 Å². The first-order chi connectivity index (χ1) is 6.54. The molecule has 0 saturated heterocycles. The minimum Gasteiger partial charge on any atom is -0.358 e. The minimum absolute atomic E-state index is 0.194. The van der Waals surface area contributed by atoms with Gasteiger partial charge in [-0.25, -0.2) is 0 Å². The van der Waals surface area contributed by atoms with Gasteiger partial charge in [-0.15, -0.1) is 16.6 Å². The first-order valence-corrected chi connectivity index (χ1v) is 3.62. The summed E-state index contributed by atoms with van der Waals surface area (Å²) >= 11 is 0. The van der Waals surface area contributed by atoms with Gasteiger partial charge in [-0.05, 0) is 12.1 Å². The summed E-state index contributed by atoms with van der Waals surface area (Å²) in [7, 11) is 0. The first kappa shape index (κ1) is 10.3. The average Bonchev–Trinajstić information content (AvgIpc) is 2.14. The lowest BCUT2D eigenvalue weighted by molar-refractivity contribution is -0.141. The van der Waals surface area contributed by atoms with Gasteiger partial charge in [0.2, 0.25) is 0 Å². The zero-order chi connectivity index (χ0) is 10.6. The SMILES string of the molecule is C#CCNc1ccc(C(F)(F)F)nn1. The predicted molar refractivity (Wildman–Crippen MR) is 44.4 cm³/mol. The zero-order valence-corrected chi connectivity index (χ0v) is 6.97. The molecule has 0 spiro atoms. The Balaban J connectivity index is 2.75. The third kappa shape index (κ3) is 2.62. The summed E-state index contributed by atoms with van der Waals surface area (Å²) in [6, 6.07) is 2.01. The summed E-state index contributed by atoms with van der Waals surface area (Å²) in [5, 5.41) is 8.90. The molecule has 1 aromatic rings. The van der Waals surface area contributed by atoms with Crippen LogP contribution in [0.2, 0.25) is 0 Å². The summed E-state index contributed by atoms with van der Waals surface area (Å²) in [5.74, 6) is 2.48. The van der Waals surface area contributed by atoms with Crippen LogP contribution in [0.4, 0.5) is 19.0 Å². The Bertz CT molecular complexity index is 336. The van der Waals surface area contributed by atoms with Crippen molar-refractivity contribution in [3.63, 3.8) is 0 Å². The van der Waals surface area contributed by atoms with Gasteiger partial charge in [0.05, 0.1) is 6.54 Å². The molecule has 1 aromatic heterocycles. The summed E-state index contributed by atoms with van der Waals surface area (Å²) in [5.41, 5.74) is -1.02. The van der Waals surface area contributed by atoms with Gasteiger partial charge in [0.1, 0.15) is 5.82 Å². The van der Waals surface area contributed by atoms with Gasteiger partial charge in [0.25, 0.3) is 0 Å². The number of nitrogens with one attached hydrogen (secondary N) is 1. The van der Waals surface area contributed by atoms with Crippen LogP contribution in [-0.2, 0) is 6.18 Å². The molecule has 0 aliphatic carbocycles. The zero-order valence-electron chi connectivity index (χ0n) is 6.97. The van der Waals surface area contributed by atoms with E-state index in [1.807, 2.05) is 0 Å². The van der Waals surface area contributed by atoms with Gasteiger partial charge < -0.3 is 5.32 Å². The fraction of sp³-hybridized carbons (Fsp3) is 0.250. The molecular formula is C8H6F3N3. The smallest absolute Gasteiger partial charge is 0.358 e. The molecule has 1 N–H and O–H groups in total. The van der Waals surface area contributed by atoms with Crippen molar-refractivity contribution in [1.29, 1.82) is 0 Å². The number of rotatable bonds is 2. The highest BCUT2D eigenvalue weighted by atomic mass is 19.4. The van der Waals surface area contributed by atoms with Crippen LogP contribution in [0.5, 0.6) is 0 Å². The van der Waals surface area contributed by atoms with Crippen LogP contribution in [-0.4, -0.2) is 16.7 Å². The maximum atomic E-state index is 12.0. The minimum atomic E-state index is -4.46. The second-order valence-corrected chi connectivity index (χ2v) is 2.36. The number of hydrogen-bond donors (Lipinski definition) is 1. The van der Waals surface area contributed by atoms with Crippen molar-refractivity contribution >= 4 is 5.82 Å². The molecule has 0 amide bonds. The van der Waals surface area contributed by atoms with Crippen molar-refractivity contribution in [3.8, 4) is 12.3 Å². The molecule has 74 valence electrons. The number of hydrogen-bond acceptors (Lipinski definition) is 3. The topological polar surface area (TPSA) is 37.8 Å². The lowest BCUT2D eigenvalue weighted by Crippen LogP contribution is -2.10. The summed E-state index contributed by atoms with van der Waals surface area (Å²) < 4.78 is 36.0. The molecular weight excluding hydrogens is 195 g/mol. The van der Waals surface area contributed by atoms with Crippen LogP contribution < -0.4 is 5.32 Å². The lowest BCUT2D eigenvalue weighted by atomic mass is 10.4. The molecule has 0 radical (unpaired) electrons. The predicted octanol–water partition coefficient (Wildman–Crippen LogP) is 1.54. The molecule has 1 heterocycles. The number of halogens is 3. The number of terminal acetylenes is 1. The maximum Gasteiger partial charge on any atom is 0.435 e. The van der Waals surface area contributed by atoms with Crippen LogP contribution in [0.15, 0.2) is 12.1 Å². The molecule has 0 saturated carbocycles. The van der Waals surface area contributed by atoms with Crippen LogP contribution in [0.25, 0.3) is 0 Å². The Labute approximate surface area is 78.3 Å². The molecule has 0 bridgehead atoms. The molecule has 0 fully saturated rings. The van der Waals surface area contributed by atoms with Crippen molar-refractivity contribution in [3.05, 3.63) is 17.8 Å². The van der Waals surface area contributed by atoms with Crippen LogP contribution in [0.1, 0.15) is 5.69 Å². The summed E-state index contributed by atoms with van der Waals surface area (Å²) in [4.78, 5) is 0. The first-order valence-electron chi connectivity index (χ1n) is 3.62. The molecule has 14 heavy (non-hydrogen) atoms. The van der Waals surface area contributed by atoms with Crippen molar-refractivity contribution in [2.75, 3.05) is 11.9 Å². The van der Waals surface area contributed by atoms with E-state index in [4.69, 9.17) is 6.42 Å². The van der Waals surface area contributed by atoms with Gasteiger partial charge in [0.15, 0.2) is 5.69 Å². The fourth-order valence-corrected chi connectivity index (χ4v) is 0.719. The molecule has 0 unspecified atom stereocenters. The van der Waals surface area contributed by atoms with E-state index in [0.717, 1.165) is 6.07 Å². The Morgan fingerprint density at radius 3 is 2.50 bits per heavy atom. The number of anilines is 1. The molecule has 1 rings (SSSR count). The van der Waals surface area contributed by atoms with Gasteiger partial charge in [-0.2, -0.15) is 13.2 Å². The monoisotopic (exact) mass is 201 g/mol. The Morgan fingerprint density at radius 1 is 1.36 bits per heavy atom. The quantitative estimate of drug-likeness (QED) is 0.737. The highest BCUT2D eigenvalue weighted by Gasteiger charge is 2.32. The second-order valence-electron chi connectivity index (χ2n) is 2.36. The van der Waals surface area contributed by atoms with E-state index in [1.165, 1.54) is 6.07 Å². The molecule has 0 aromatic carbocycles. The van der Waals surface area contributed by atoms with Gasteiger partial charge in [-0.3, -0.25) is 0 Å². The van der Waals surface area contributed by atoms with E-state index >= 15 is 0 Å². The van der Waals surface area contributed by atoms with E-state index in [-0.39, 0.29) is 12.4 Å². The highest BCUT2D eigenvalue weighted by molar-refractivity contribution is 5.34. The van der Waals surface area contributed by atoms with Crippen molar-refractivity contribution in [2.45, 2.75) is 6.18 Å². The van der Waals surface area contributed by atoms with E-state index in [9.17, 15) is 13.2 Å². The average molecular weight is 201 g/mol. The summed E-state index contributed by atoms with van der Waals surface area (Å²) in [6.45, 7) is 0.194. The van der Waals surface area contributed by atoms with Crippen molar-refractivity contribution in [1.82, 2.24) is 10.2 Å². The van der Waals surface area contributed by atoms with Crippen LogP contribution in [0.3, 0.4) is 0 Å². The van der Waals surface area contributed by atoms with E-state index in [1.54, 1.807) is 0 Å². The standard InChI is InChI=1S/C8H6F3N3/c1-2-5-12-7-4-3-6(13-14-7)8(9,10)11/h1,3-4H,5H2,(H,12,14). The maximum absolute atomic E-state index is 12.0. The van der Waals surface area contributed by atoms with E-state index in [2.05, 4.69) is 21.4 Å². The number of alkyl halides is 3. The summed E-state index contributed by atoms with van der Waals surface area (Å²) in [6.07, 6.45) is 0.474. The largest absolute Gasteiger partial charge is 0.435 e. The van der Waals surface area contributed by atoms with Gasteiger partial charge in [0, 0.05) is 0 Å². The third-order valence-electron chi connectivity index (χ3n) is 1.33. The molecule has 3 nitrogen and oxygen atoms in total. The Morgan fingerprint density at radius 2 is 2.07 bits per heavy atom. The fourth-order valence-electron chi connectivity index (χ4n) is 0.719. The normalized spacial score (nSPS) is 10.7. The van der Waals surface area contributed by atoms with Gasteiger partial charge >= 0.3 is 6.18 Å². The Kier molecular flexibility index (Phi) is 2.92. The second kappa shape index (κ2) is 3.96. The molecule has 0 aliphatic heterocycles.